The van der Waals surface area contributed by atoms with Gasteiger partial charge in [0, 0.05) is 5.71 Å². The molecule has 0 amide bonds. The average Bonchev–Trinajstić information content (AvgIpc) is 1.85. The highest BCUT2D eigenvalue weighted by Gasteiger charge is 2.33. The van der Waals surface area contributed by atoms with E-state index in [4.69, 9.17) is 0 Å². The lowest BCUT2D eigenvalue weighted by Crippen LogP contribution is -2.20. The minimum atomic E-state index is -4.47. The molecule has 5 heteroatoms. The van der Waals surface area contributed by atoms with E-state index in [1.807, 2.05) is 0 Å². The summed E-state index contributed by atoms with van der Waals surface area (Å²) in [5.41, 5.74) is -0.623. The average molecular weight is 178 g/mol. The van der Waals surface area contributed by atoms with E-state index in [0.717, 1.165) is 0 Å². The van der Waals surface area contributed by atoms with E-state index < -0.39 is 11.9 Å². The summed E-state index contributed by atoms with van der Waals surface area (Å²) in [6.45, 7) is 6.10. The lowest BCUT2D eigenvalue weighted by Gasteiger charge is -2.02. The third kappa shape index (κ3) is 3.90. The summed E-state index contributed by atoms with van der Waals surface area (Å²) in [7, 11) is 0. The van der Waals surface area contributed by atoms with Gasteiger partial charge in [0.15, 0.2) is 5.71 Å². The van der Waals surface area contributed by atoms with Crippen LogP contribution in [0.25, 0.3) is 0 Å². The number of hydrogen-bond donors (Lipinski definition) is 0. The molecule has 0 fully saturated rings. The second kappa shape index (κ2) is 4.04. The zero-order valence-electron chi connectivity index (χ0n) is 6.81. The first-order valence-electron chi connectivity index (χ1n) is 3.16. The van der Waals surface area contributed by atoms with Crippen molar-refractivity contribution >= 4 is 11.4 Å². The van der Waals surface area contributed by atoms with Crippen LogP contribution in [0.3, 0.4) is 0 Å². The van der Waals surface area contributed by atoms with Crippen molar-refractivity contribution in [2.75, 3.05) is 0 Å². The lowest BCUT2D eigenvalue weighted by molar-refractivity contribution is -0.0578. The maximum atomic E-state index is 11.9. The fourth-order valence-corrected chi connectivity index (χ4v) is 0.367. The molecule has 0 saturated heterocycles. The van der Waals surface area contributed by atoms with Crippen LogP contribution in [0.1, 0.15) is 13.8 Å². The van der Waals surface area contributed by atoms with Crippen LogP contribution < -0.4 is 0 Å². The van der Waals surface area contributed by atoms with E-state index in [-0.39, 0.29) is 0 Å². The molecule has 0 spiro atoms. The molecule has 0 saturated carbocycles. The molecule has 0 rings (SSSR count). The van der Waals surface area contributed by atoms with Crippen LogP contribution in [0.2, 0.25) is 0 Å². The molecule has 0 N–H and O–H groups in total. The van der Waals surface area contributed by atoms with E-state index >= 15 is 0 Å². The summed E-state index contributed by atoms with van der Waals surface area (Å²) >= 11 is 0. The number of rotatable bonds is 2. The first kappa shape index (κ1) is 10.9. The Morgan fingerprint density at radius 3 is 2.00 bits per heavy atom. The van der Waals surface area contributed by atoms with Crippen LogP contribution in [-0.2, 0) is 0 Å². The predicted octanol–water partition coefficient (Wildman–Crippen LogP) is 2.57. The monoisotopic (exact) mass is 178 g/mol. The molecule has 0 bridgehead atoms. The van der Waals surface area contributed by atoms with Crippen molar-refractivity contribution in [2.45, 2.75) is 20.0 Å². The number of allylic oxidation sites excluding steroid dienone is 1. The zero-order chi connectivity index (χ0) is 9.78. The Bertz CT molecular complexity index is 221. The SMILES string of the molecule is C=C/C(=N/N=C(C)C)C(F)(F)F. The molecule has 0 aromatic rings. The summed E-state index contributed by atoms with van der Waals surface area (Å²) in [6.07, 6.45) is -3.84. The molecule has 0 unspecified atom stereocenters. The minimum absolute atomic E-state index is 0.457. The smallest absolute Gasteiger partial charge is 0.164 e. The van der Waals surface area contributed by atoms with E-state index in [2.05, 4.69) is 16.8 Å². The highest BCUT2D eigenvalue weighted by Crippen LogP contribution is 2.17. The highest BCUT2D eigenvalue weighted by atomic mass is 19.4. The Morgan fingerprint density at radius 1 is 1.25 bits per heavy atom. The Hall–Kier alpha value is -1.13. The third-order valence-corrected chi connectivity index (χ3v) is 0.842. The normalized spacial score (nSPS) is 12.6. The number of halogens is 3. The summed E-state index contributed by atoms with van der Waals surface area (Å²) in [5.74, 6) is 0. The fourth-order valence-electron chi connectivity index (χ4n) is 0.367. The van der Waals surface area contributed by atoms with Crippen molar-refractivity contribution in [1.29, 1.82) is 0 Å². The topological polar surface area (TPSA) is 24.7 Å². The molecule has 68 valence electrons. The second-order valence-corrected chi connectivity index (χ2v) is 2.23. The summed E-state index contributed by atoms with van der Waals surface area (Å²) in [5, 5.41) is 6.25. The van der Waals surface area contributed by atoms with Crippen LogP contribution in [0.15, 0.2) is 22.9 Å². The molecule has 0 aromatic heterocycles. The molecular formula is C7H9F3N2. The van der Waals surface area contributed by atoms with Gasteiger partial charge in [0.05, 0.1) is 0 Å². The number of hydrogen-bond acceptors (Lipinski definition) is 2. The maximum absolute atomic E-state index is 11.9. The molecule has 0 aromatic carbocycles. The van der Waals surface area contributed by atoms with Crippen molar-refractivity contribution in [3.05, 3.63) is 12.7 Å². The Morgan fingerprint density at radius 2 is 1.75 bits per heavy atom. The Labute approximate surface area is 68.5 Å². The van der Waals surface area contributed by atoms with Crippen LogP contribution in [0, 0.1) is 0 Å². The van der Waals surface area contributed by atoms with Crippen molar-refractivity contribution in [3.63, 3.8) is 0 Å². The van der Waals surface area contributed by atoms with Gasteiger partial charge >= 0.3 is 6.18 Å². The molecule has 0 heterocycles. The summed E-state index contributed by atoms with van der Waals surface area (Å²) < 4.78 is 35.7. The zero-order valence-corrected chi connectivity index (χ0v) is 6.81. The van der Waals surface area contributed by atoms with Gasteiger partial charge in [-0.3, -0.25) is 0 Å². The van der Waals surface area contributed by atoms with Crippen molar-refractivity contribution in [1.82, 2.24) is 0 Å². The first-order valence-corrected chi connectivity index (χ1v) is 3.16. The second-order valence-electron chi connectivity index (χ2n) is 2.23. The predicted molar refractivity (Wildman–Crippen MR) is 42.5 cm³/mol. The van der Waals surface area contributed by atoms with Crippen LogP contribution in [0.4, 0.5) is 13.2 Å². The lowest BCUT2D eigenvalue weighted by atomic mass is 10.4. The van der Waals surface area contributed by atoms with E-state index in [1.54, 1.807) is 13.8 Å². The molecule has 2 nitrogen and oxygen atoms in total. The molecule has 0 aliphatic rings. The Kier molecular flexibility index (Phi) is 3.66. The molecule has 12 heavy (non-hydrogen) atoms. The van der Waals surface area contributed by atoms with Gasteiger partial charge in [0.25, 0.3) is 0 Å². The summed E-state index contributed by atoms with van der Waals surface area (Å²) in [6, 6.07) is 0. The third-order valence-electron chi connectivity index (χ3n) is 0.842. The van der Waals surface area contributed by atoms with E-state index in [9.17, 15) is 13.2 Å². The first-order chi connectivity index (χ1) is 5.38. The Balaban J connectivity index is 4.68. The van der Waals surface area contributed by atoms with Crippen molar-refractivity contribution < 1.29 is 13.2 Å². The van der Waals surface area contributed by atoms with E-state index in [0.29, 0.717) is 11.8 Å². The number of alkyl halides is 3. The van der Waals surface area contributed by atoms with Gasteiger partial charge in [-0.25, -0.2) is 0 Å². The largest absolute Gasteiger partial charge is 0.435 e. The van der Waals surface area contributed by atoms with Crippen molar-refractivity contribution in [2.24, 2.45) is 10.2 Å². The van der Waals surface area contributed by atoms with Crippen LogP contribution in [0.5, 0.6) is 0 Å². The van der Waals surface area contributed by atoms with Gasteiger partial charge in [-0.05, 0) is 19.9 Å². The van der Waals surface area contributed by atoms with Gasteiger partial charge in [-0.15, -0.1) is 5.10 Å². The van der Waals surface area contributed by atoms with Crippen LogP contribution >= 0.6 is 0 Å². The highest BCUT2D eigenvalue weighted by molar-refractivity contribution is 5.99. The van der Waals surface area contributed by atoms with Gasteiger partial charge in [-0.1, -0.05) is 6.58 Å². The molecule has 0 radical (unpaired) electrons. The molecule has 0 aliphatic heterocycles. The summed E-state index contributed by atoms with van der Waals surface area (Å²) in [4.78, 5) is 0. The van der Waals surface area contributed by atoms with Gasteiger partial charge < -0.3 is 0 Å². The quantitative estimate of drug-likeness (QED) is 0.458. The maximum Gasteiger partial charge on any atom is 0.435 e. The minimum Gasteiger partial charge on any atom is -0.164 e. The van der Waals surface area contributed by atoms with Gasteiger partial charge in [0.2, 0.25) is 0 Å². The van der Waals surface area contributed by atoms with E-state index in [1.165, 1.54) is 0 Å². The fraction of sp³-hybridized carbons (Fsp3) is 0.429. The van der Waals surface area contributed by atoms with Crippen molar-refractivity contribution in [3.8, 4) is 0 Å². The van der Waals surface area contributed by atoms with Gasteiger partial charge in [0.1, 0.15) is 0 Å². The van der Waals surface area contributed by atoms with Gasteiger partial charge in [-0.2, -0.15) is 18.3 Å². The molecule has 0 aliphatic carbocycles. The number of nitrogens with zero attached hydrogens (tertiary/aromatic N) is 2. The van der Waals surface area contributed by atoms with Crippen LogP contribution in [-0.4, -0.2) is 17.6 Å². The molecular weight excluding hydrogens is 169 g/mol. The molecule has 0 atom stereocenters. The standard InChI is InChI=1S/C7H9F3N2/c1-4-6(7(8,9)10)12-11-5(2)3/h4H,1H2,2-3H3/b12-6-.